The first kappa shape index (κ1) is 41.4. The highest BCUT2D eigenvalue weighted by atomic mass is 19.2. The summed E-state index contributed by atoms with van der Waals surface area (Å²) >= 11 is 0. The molecule has 3 aromatic rings. The zero-order valence-corrected chi connectivity index (χ0v) is 30.4. The van der Waals surface area contributed by atoms with Crippen molar-refractivity contribution in [2.45, 2.75) is 122 Å². The van der Waals surface area contributed by atoms with Gasteiger partial charge < -0.3 is 24.8 Å². The molecule has 1 fully saturated rings. The van der Waals surface area contributed by atoms with Crippen LogP contribution >= 0.6 is 0 Å². The summed E-state index contributed by atoms with van der Waals surface area (Å²) in [6.07, 6.45) is 13.9. The van der Waals surface area contributed by atoms with Crippen molar-refractivity contribution in [3.63, 3.8) is 0 Å². The lowest BCUT2D eigenvalue weighted by molar-refractivity contribution is -0.253. The van der Waals surface area contributed by atoms with E-state index in [-0.39, 0.29) is 24.5 Å². The zero-order valence-electron chi connectivity index (χ0n) is 30.4. The van der Waals surface area contributed by atoms with Crippen molar-refractivity contribution in [2.75, 3.05) is 25.0 Å². The molecule has 0 bridgehead atoms. The second kappa shape index (κ2) is 21.4. The van der Waals surface area contributed by atoms with Gasteiger partial charge in [-0.05, 0) is 49.2 Å². The number of rotatable bonds is 21. The number of amides is 1. The molecule has 1 amide bonds. The lowest BCUT2D eigenvalue weighted by atomic mass is 9.99. The van der Waals surface area contributed by atoms with E-state index in [1.165, 1.54) is 76.3 Å². The largest absolute Gasteiger partial charge is 0.392 e. The quantitative estimate of drug-likeness (QED) is 0.0494. The molecule has 1 aliphatic heterocycles. The molecule has 0 radical (unpaired) electrons. The van der Waals surface area contributed by atoms with Gasteiger partial charge in [-0.3, -0.25) is 4.79 Å². The number of aliphatic hydroxyl groups is 1. The van der Waals surface area contributed by atoms with Gasteiger partial charge in [0.1, 0.15) is 5.56 Å². The van der Waals surface area contributed by atoms with Gasteiger partial charge in [0.2, 0.25) is 5.82 Å². The van der Waals surface area contributed by atoms with Gasteiger partial charge in [-0.25, -0.2) is 22.0 Å². The molecule has 1 heterocycles. The van der Waals surface area contributed by atoms with Gasteiger partial charge in [-0.15, -0.1) is 0 Å². The summed E-state index contributed by atoms with van der Waals surface area (Å²) in [7, 11) is 0. The van der Waals surface area contributed by atoms with Crippen LogP contribution in [-0.4, -0.2) is 41.7 Å². The maximum atomic E-state index is 14.2. The average molecular weight is 733 g/mol. The SMILES string of the molecule is CCCCCCCCN(CCCCCCCC)CC1CC(c2ccc(CO)cc2)OC(c2ccc(NC(=O)c3c(F)c(F)c(F)c(F)c3F)cc2)O1. The Hall–Kier alpha value is -3.38. The Bertz CT molecular complexity index is 1490. The molecule has 1 aliphatic rings. The van der Waals surface area contributed by atoms with Crippen molar-refractivity contribution >= 4 is 11.6 Å². The third kappa shape index (κ3) is 11.8. The number of ether oxygens (including phenoxy) is 2. The summed E-state index contributed by atoms with van der Waals surface area (Å²) in [6.45, 7) is 7.07. The van der Waals surface area contributed by atoms with Crippen LogP contribution in [0.15, 0.2) is 48.5 Å². The number of hydrogen-bond acceptors (Lipinski definition) is 5. The number of anilines is 1. The molecule has 0 saturated carbocycles. The Balaban J connectivity index is 1.49. The van der Waals surface area contributed by atoms with Gasteiger partial charge in [0, 0.05) is 24.2 Å². The number of carbonyl (C=O) groups excluding carboxylic acids is 1. The minimum absolute atomic E-state index is 0.0702. The van der Waals surface area contributed by atoms with Crippen LogP contribution in [0, 0.1) is 29.1 Å². The number of benzene rings is 3. The maximum Gasteiger partial charge on any atom is 0.261 e. The molecule has 0 aliphatic carbocycles. The van der Waals surface area contributed by atoms with E-state index in [0.717, 1.165) is 43.6 Å². The highest BCUT2D eigenvalue weighted by Crippen LogP contribution is 2.38. The molecule has 4 rings (SSSR count). The predicted octanol–water partition coefficient (Wildman–Crippen LogP) is 10.7. The van der Waals surface area contributed by atoms with Crippen LogP contribution < -0.4 is 5.32 Å². The summed E-state index contributed by atoms with van der Waals surface area (Å²) in [5, 5.41) is 11.8. The van der Waals surface area contributed by atoms with Crippen LogP contribution in [0.3, 0.4) is 0 Å². The van der Waals surface area contributed by atoms with Gasteiger partial charge in [0.05, 0.1) is 18.8 Å². The zero-order chi connectivity index (χ0) is 37.5. The normalized spacial score (nSPS) is 17.5. The van der Waals surface area contributed by atoms with E-state index in [1.807, 2.05) is 24.3 Å². The monoisotopic (exact) mass is 732 g/mol. The fraction of sp³-hybridized carbons (Fsp3) is 0.537. The average Bonchev–Trinajstić information content (AvgIpc) is 3.16. The first-order valence-corrected chi connectivity index (χ1v) is 18.8. The third-order valence-electron chi connectivity index (χ3n) is 9.61. The number of carbonyl (C=O) groups is 1. The molecule has 2 N–H and O–H groups in total. The fourth-order valence-electron chi connectivity index (χ4n) is 6.57. The van der Waals surface area contributed by atoms with Gasteiger partial charge in [0.25, 0.3) is 5.91 Å². The Labute approximate surface area is 304 Å². The Kier molecular flexibility index (Phi) is 17.0. The van der Waals surface area contributed by atoms with Crippen LogP contribution in [0.2, 0.25) is 0 Å². The number of hydrogen-bond donors (Lipinski definition) is 2. The number of halogens is 5. The molecule has 0 spiro atoms. The van der Waals surface area contributed by atoms with E-state index in [1.54, 1.807) is 12.1 Å². The lowest BCUT2D eigenvalue weighted by Crippen LogP contribution is -2.40. The fourth-order valence-corrected chi connectivity index (χ4v) is 6.57. The Morgan fingerprint density at radius 1 is 0.692 bits per heavy atom. The minimum Gasteiger partial charge on any atom is -0.392 e. The van der Waals surface area contributed by atoms with E-state index < -0.39 is 46.8 Å². The number of nitrogens with zero attached hydrogens (tertiary/aromatic N) is 1. The Morgan fingerprint density at radius 3 is 1.73 bits per heavy atom. The van der Waals surface area contributed by atoms with Gasteiger partial charge in [-0.1, -0.05) is 114 Å². The number of unbranched alkanes of at least 4 members (excludes halogenated alkanes) is 10. The number of aliphatic hydroxyl groups excluding tert-OH is 1. The topological polar surface area (TPSA) is 71.0 Å². The molecule has 3 aromatic carbocycles. The van der Waals surface area contributed by atoms with Gasteiger partial charge in [0.15, 0.2) is 29.6 Å². The summed E-state index contributed by atoms with van der Waals surface area (Å²) in [4.78, 5) is 15.1. The summed E-state index contributed by atoms with van der Waals surface area (Å²) in [5.74, 6) is -12.6. The van der Waals surface area contributed by atoms with Crippen molar-refractivity contribution in [1.29, 1.82) is 0 Å². The molecule has 6 nitrogen and oxygen atoms in total. The van der Waals surface area contributed by atoms with E-state index in [4.69, 9.17) is 9.47 Å². The highest BCUT2D eigenvalue weighted by molar-refractivity contribution is 6.04. The molecular formula is C41H53F5N2O4. The maximum absolute atomic E-state index is 14.2. The smallest absolute Gasteiger partial charge is 0.261 e. The van der Waals surface area contributed by atoms with Gasteiger partial charge >= 0.3 is 0 Å². The van der Waals surface area contributed by atoms with E-state index in [2.05, 4.69) is 24.1 Å². The van der Waals surface area contributed by atoms with E-state index >= 15 is 0 Å². The van der Waals surface area contributed by atoms with Crippen molar-refractivity contribution in [3.05, 3.63) is 99.9 Å². The standard InChI is InChI=1S/C41H53F5N2O4/c1-3-5-7-9-11-13-23-48(24-14-12-10-8-6-4-2)26-32-25-33(29-17-15-28(27-49)16-18-29)52-41(51-32)30-19-21-31(22-20-30)47-40(50)34-35(42)37(44)39(46)38(45)36(34)43/h15-22,32-33,41,49H,3-14,23-27H2,1-2H3,(H,47,50). The second-order valence-corrected chi connectivity index (χ2v) is 13.7. The van der Waals surface area contributed by atoms with Crippen molar-refractivity contribution in [2.24, 2.45) is 0 Å². The van der Waals surface area contributed by atoms with Crippen LogP contribution in [0.25, 0.3) is 0 Å². The summed E-state index contributed by atoms with van der Waals surface area (Å²) < 4.78 is 82.4. The van der Waals surface area contributed by atoms with Crippen LogP contribution in [0.5, 0.6) is 0 Å². The van der Waals surface area contributed by atoms with E-state index in [0.29, 0.717) is 12.0 Å². The molecule has 0 aromatic heterocycles. The van der Waals surface area contributed by atoms with Crippen molar-refractivity contribution in [1.82, 2.24) is 4.90 Å². The van der Waals surface area contributed by atoms with Crippen LogP contribution in [0.1, 0.15) is 137 Å². The summed E-state index contributed by atoms with van der Waals surface area (Å²) in [5.41, 5.74) is 0.861. The molecule has 286 valence electrons. The first-order valence-electron chi connectivity index (χ1n) is 18.8. The first-order chi connectivity index (χ1) is 25.2. The molecule has 11 heteroatoms. The molecular weight excluding hydrogens is 679 g/mol. The Morgan fingerprint density at radius 2 is 1.19 bits per heavy atom. The van der Waals surface area contributed by atoms with Crippen molar-refractivity contribution in [3.8, 4) is 0 Å². The van der Waals surface area contributed by atoms with Crippen molar-refractivity contribution < 1.29 is 41.3 Å². The number of nitrogens with one attached hydrogen (secondary N) is 1. The third-order valence-corrected chi connectivity index (χ3v) is 9.61. The van der Waals surface area contributed by atoms with Crippen LogP contribution in [0.4, 0.5) is 27.6 Å². The second-order valence-electron chi connectivity index (χ2n) is 13.7. The minimum atomic E-state index is -2.34. The predicted molar refractivity (Wildman–Crippen MR) is 192 cm³/mol. The van der Waals surface area contributed by atoms with E-state index in [9.17, 15) is 31.9 Å². The lowest BCUT2D eigenvalue weighted by Gasteiger charge is -2.38. The van der Waals surface area contributed by atoms with Gasteiger partial charge in [-0.2, -0.15) is 0 Å². The summed E-state index contributed by atoms with van der Waals surface area (Å²) in [6, 6.07) is 13.8. The molecule has 1 saturated heterocycles. The highest BCUT2D eigenvalue weighted by Gasteiger charge is 2.34. The molecule has 3 atom stereocenters. The molecule has 3 unspecified atom stereocenters. The molecule has 52 heavy (non-hydrogen) atoms. The van der Waals surface area contributed by atoms with Crippen LogP contribution in [-0.2, 0) is 16.1 Å².